The van der Waals surface area contributed by atoms with Crippen LogP contribution in [0.1, 0.15) is 19.4 Å². The molecule has 2 N–H and O–H groups in total. The first-order chi connectivity index (χ1) is 14.6. The Morgan fingerprint density at radius 3 is 2.68 bits per heavy atom. The Bertz CT molecular complexity index is 1180. The highest BCUT2D eigenvalue weighted by atomic mass is 32.2. The number of rotatable bonds is 9. The van der Waals surface area contributed by atoms with Crippen LogP contribution in [-0.2, 0) is 16.6 Å². The number of fused-ring (bicyclic) bond motifs is 1. The minimum absolute atomic E-state index is 0.209. The third kappa shape index (κ3) is 5.46. The van der Waals surface area contributed by atoms with Gasteiger partial charge >= 0.3 is 0 Å². The van der Waals surface area contributed by atoms with Gasteiger partial charge in [0, 0.05) is 24.5 Å². The normalized spacial score (nSPS) is 12.2. The van der Waals surface area contributed by atoms with Crippen LogP contribution in [0.15, 0.2) is 34.6 Å². The van der Waals surface area contributed by atoms with Crippen molar-refractivity contribution in [3.8, 4) is 5.75 Å². The molecule has 1 aromatic carbocycles. The van der Waals surface area contributed by atoms with Gasteiger partial charge in [0.2, 0.25) is 10.0 Å². The van der Waals surface area contributed by atoms with Gasteiger partial charge in [0.05, 0.1) is 13.4 Å². The van der Waals surface area contributed by atoms with Crippen molar-refractivity contribution in [1.29, 1.82) is 0 Å². The summed E-state index contributed by atoms with van der Waals surface area (Å²) in [5, 5.41) is 0.663. The molecule has 0 saturated carbocycles. The molecule has 3 rings (SSSR count). The van der Waals surface area contributed by atoms with E-state index in [0.29, 0.717) is 36.0 Å². The molecule has 0 amide bonds. The zero-order valence-corrected chi connectivity index (χ0v) is 20.0. The number of ether oxygens (including phenoxy) is 1. The van der Waals surface area contributed by atoms with Crippen LogP contribution in [-0.4, -0.2) is 58.7 Å². The molecular weight excluding hydrogens is 436 g/mol. The van der Waals surface area contributed by atoms with Gasteiger partial charge in [0.1, 0.15) is 12.1 Å². The average molecular weight is 465 g/mol. The smallest absolute Gasteiger partial charge is 0.211 e. The molecule has 0 unspecified atom stereocenters. The Morgan fingerprint density at radius 1 is 1.29 bits per heavy atom. The van der Waals surface area contributed by atoms with Crippen molar-refractivity contribution >= 4 is 38.8 Å². The van der Waals surface area contributed by atoms with E-state index in [1.807, 2.05) is 43.5 Å². The van der Waals surface area contributed by atoms with Gasteiger partial charge in [0.15, 0.2) is 22.1 Å². The SMILES string of the molecule is COc1ccc(C)c(Sc2nc3c(N)ncnc3n2CCN(CC(C)C)S(C)(=O)=O)c1. The maximum absolute atomic E-state index is 12.3. The van der Waals surface area contributed by atoms with E-state index >= 15 is 0 Å². The fourth-order valence-corrected chi connectivity index (χ4v) is 5.15. The fourth-order valence-electron chi connectivity index (χ4n) is 3.14. The summed E-state index contributed by atoms with van der Waals surface area (Å²) in [4.78, 5) is 14.1. The fraction of sp³-hybridized carbons (Fsp3) is 0.450. The van der Waals surface area contributed by atoms with Gasteiger partial charge < -0.3 is 15.0 Å². The van der Waals surface area contributed by atoms with Crippen LogP contribution in [0, 0.1) is 12.8 Å². The summed E-state index contributed by atoms with van der Waals surface area (Å²) < 4.78 is 33.3. The molecule has 0 atom stereocenters. The summed E-state index contributed by atoms with van der Waals surface area (Å²) in [5.41, 5.74) is 8.18. The number of sulfonamides is 1. The highest BCUT2D eigenvalue weighted by molar-refractivity contribution is 7.99. The predicted octanol–water partition coefficient (Wildman–Crippen LogP) is 2.79. The Kier molecular flexibility index (Phi) is 7.07. The van der Waals surface area contributed by atoms with Crippen molar-refractivity contribution < 1.29 is 13.2 Å². The van der Waals surface area contributed by atoms with E-state index in [-0.39, 0.29) is 11.7 Å². The summed E-state index contributed by atoms with van der Waals surface area (Å²) in [5.74, 6) is 1.24. The van der Waals surface area contributed by atoms with Gasteiger partial charge in [-0.2, -0.15) is 0 Å². The number of methoxy groups -OCH3 is 1. The quantitative estimate of drug-likeness (QED) is 0.514. The number of benzene rings is 1. The van der Waals surface area contributed by atoms with E-state index in [9.17, 15) is 8.42 Å². The lowest BCUT2D eigenvalue weighted by Gasteiger charge is -2.22. The molecule has 31 heavy (non-hydrogen) atoms. The number of anilines is 1. The van der Waals surface area contributed by atoms with E-state index < -0.39 is 10.0 Å². The number of aromatic nitrogens is 4. The third-order valence-electron chi connectivity index (χ3n) is 4.73. The Hall–Kier alpha value is -2.37. The largest absolute Gasteiger partial charge is 0.497 e. The van der Waals surface area contributed by atoms with Crippen LogP contribution >= 0.6 is 11.8 Å². The van der Waals surface area contributed by atoms with Gasteiger partial charge in [-0.15, -0.1) is 0 Å². The lowest BCUT2D eigenvalue weighted by Crippen LogP contribution is -2.36. The maximum atomic E-state index is 12.3. The van der Waals surface area contributed by atoms with E-state index in [1.165, 1.54) is 28.7 Å². The molecule has 2 heterocycles. The van der Waals surface area contributed by atoms with Crippen LogP contribution < -0.4 is 10.5 Å². The summed E-state index contributed by atoms with van der Waals surface area (Å²) in [6.45, 7) is 7.13. The van der Waals surface area contributed by atoms with Crippen LogP contribution in [0.4, 0.5) is 5.82 Å². The molecule has 0 aliphatic heterocycles. The molecule has 0 radical (unpaired) electrons. The highest BCUT2D eigenvalue weighted by Crippen LogP contribution is 2.34. The molecule has 168 valence electrons. The molecule has 3 aromatic rings. The summed E-state index contributed by atoms with van der Waals surface area (Å²) in [6.07, 6.45) is 2.63. The number of nitrogen functional groups attached to an aromatic ring is 1. The molecule has 0 saturated heterocycles. The predicted molar refractivity (Wildman–Crippen MR) is 123 cm³/mol. The number of imidazole rings is 1. The van der Waals surface area contributed by atoms with E-state index in [2.05, 4.69) is 15.0 Å². The zero-order valence-electron chi connectivity index (χ0n) is 18.4. The van der Waals surface area contributed by atoms with Gasteiger partial charge in [-0.3, -0.25) is 0 Å². The first-order valence-corrected chi connectivity index (χ1v) is 12.5. The standard InChI is InChI=1S/C20H28N6O3S2/c1-13(2)11-25(31(5,27)28)8-9-26-19-17(18(21)22-12-23-19)24-20(26)30-16-10-15(29-4)7-6-14(16)3/h6-7,10,12-13H,8-9,11H2,1-5H3,(H2,21,22,23). The molecule has 0 aliphatic carbocycles. The molecule has 11 heteroatoms. The molecule has 9 nitrogen and oxygen atoms in total. The number of hydrogen-bond donors (Lipinski definition) is 1. The monoisotopic (exact) mass is 464 g/mol. The van der Waals surface area contributed by atoms with Crippen LogP contribution in [0.25, 0.3) is 11.2 Å². The van der Waals surface area contributed by atoms with Crippen molar-refractivity contribution in [1.82, 2.24) is 23.8 Å². The molecular formula is C20H28N6O3S2. The molecule has 0 fully saturated rings. The topological polar surface area (TPSA) is 116 Å². The second-order valence-electron chi connectivity index (χ2n) is 7.73. The Morgan fingerprint density at radius 2 is 2.03 bits per heavy atom. The zero-order chi connectivity index (χ0) is 22.8. The number of aryl methyl sites for hydroxylation is 1. The molecule has 0 spiro atoms. The van der Waals surface area contributed by atoms with Gasteiger partial charge in [-0.1, -0.05) is 31.7 Å². The summed E-state index contributed by atoms with van der Waals surface area (Å²) in [6, 6.07) is 5.83. The summed E-state index contributed by atoms with van der Waals surface area (Å²) in [7, 11) is -1.72. The molecule has 0 aliphatic rings. The molecule has 2 aromatic heterocycles. The van der Waals surface area contributed by atoms with Crippen molar-refractivity contribution in [2.45, 2.75) is 37.4 Å². The van der Waals surface area contributed by atoms with Gasteiger partial charge in [0.25, 0.3) is 0 Å². The van der Waals surface area contributed by atoms with Crippen LogP contribution in [0.2, 0.25) is 0 Å². The minimum Gasteiger partial charge on any atom is -0.497 e. The summed E-state index contributed by atoms with van der Waals surface area (Å²) >= 11 is 1.46. The Labute approximate surface area is 187 Å². The first kappa shape index (κ1) is 23.3. The third-order valence-corrected chi connectivity index (χ3v) is 7.16. The second-order valence-corrected chi connectivity index (χ2v) is 10.7. The number of nitrogens with zero attached hydrogens (tertiary/aromatic N) is 5. The lowest BCUT2D eigenvalue weighted by atomic mass is 10.2. The van der Waals surface area contributed by atoms with E-state index in [4.69, 9.17) is 10.5 Å². The lowest BCUT2D eigenvalue weighted by molar-refractivity contribution is 0.353. The van der Waals surface area contributed by atoms with Crippen LogP contribution in [0.5, 0.6) is 5.75 Å². The first-order valence-electron chi connectivity index (χ1n) is 9.84. The van der Waals surface area contributed by atoms with Crippen LogP contribution in [0.3, 0.4) is 0 Å². The second kappa shape index (κ2) is 9.41. The average Bonchev–Trinajstić information content (AvgIpc) is 3.04. The number of nitrogens with two attached hydrogens (primary N) is 1. The van der Waals surface area contributed by atoms with Crippen molar-refractivity contribution in [2.75, 3.05) is 32.2 Å². The minimum atomic E-state index is -3.34. The number of hydrogen-bond acceptors (Lipinski definition) is 8. The van der Waals surface area contributed by atoms with Crippen molar-refractivity contribution in [3.63, 3.8) is 0 Å². The van der Waals surface area contributed by atoms with Crippen molar-refractivity contribution in [3.05, 3.63) is 30.1 Å². The van der Waals surface area contributed by atoms with Gasteiger partial charge in [-0.05, 0) is 30.5 Å². The molecule has 0 bridgehead atoms. The maximum Gasteiger partial charge on any atom is 0.211 e. The highest BCUT2D eigenvalue weighted by Gasteiger charge is 2.21. The van der Waals surface area contributed by atoms with Gasteiger partial charge in [-0.25, -0.2) is 27.7 Å². The van der Waals surface area contributed by atoms with Crippen molar-refractivity contribution in [2.24, 2.45) is 5.92 Å². The van der Waals surface area contributed by atoms with E-state index in [1.54, 1.807) is 7.11 Å². The van der Waals surface area contributed by atoms with E-state index in [0.717, 1.165) is 16.2 Å². The Balaban J connectivity index is 2.01.